The van der Waals surface area contributed by atoms with Gasteiger partial charge in [0.2, 0.25) is 0 Å². The van der Waals surface area contributed by atoms with Gasteiger partial charge in [-0.3, -0.25) is 0 Å². The fourth-order valence-electron chi connectivity index (χ4n) is 4.11. The Morgan fingerprint density at radius 3 is 2.47 bits per heavy atom. The minimum Gasteiger partial charge on any atom is -0.457 e. The van der Waals surface area contributed by atoms with Gasteiger partial charge >= 0.3 is 5.97 Å². The van der Waals surface area contributed by atoms with E-state index < -0.39 is 5.60 Å². The van der Waals surface area contributed by atoms with Crippen molar-refractivity contribution in [2.24, 2.45) is 0 Å². The zero-order chi connectivity index (χ0) is 26.7. The van der Waals surface area contributed by atoms with Crippen LogP contribution in [-0.2, 0) is 9.47 Å². The van der Waals surface area contributed by atoms with E-state index in [1.54, 1.807) is 30.5 Å². The van der Waals surface area contributed by atoms with Crippen molar-refractivity contribution in [2.45, 2.75) is 33.3 Å². The maximum Gasteiger partial charge on any atom is 0.338 e. The van der Waals surface area contributed by atoms with Crippen molar-refractivity contribution < 1.29 is 19.0 Å². The van der Waals surface area contributed by atoms with E-state index in [-0.39, 0.29) is 5.97 Å². The minimum absolute atomic E-state index is 0.360. The molecule has 5 rings (SSSR count). The van der Waals surface area contributed by atoms with Crippen LogP contribution in [0.3, 0.4) is 0 Å². The predicted molar refractivity (Wildman–Crippen MR) is 147 cm³/mol. The molecule has 2 aromatic carbocycles. The molecule has 3 heterocycles. The van der Waals surface area contributed by atoms with Gasteiger partial charge in [0.15, 0.2) is 0 Å². The lowest BCUT2D eigenvalue weighted by Gasteiger charge is -2.27. The second kappa shape index (κ2) is 10.6. The first-order chi connectivity index (χ1) is 18.2. The Kier molecular flexibility index (Phi) is 7.11. The molecule has 0 unspecified atom stereocenters. The van der Waals surface area contributed by atoms with Crippen LogP contribution in [0.5, 0.6) is 11.5 Å². The number of hydrogen-bond acceptors (Lipinski definition) is 9. The zero-order valence-electron chi connectivity index (χ0n) is 22.0. The van der Waals surface area contributed by atoms with Crippen LogP contribution in [0.2, 0.25) is 0 Å². The molecule has 1 saturated heterocycles. The molecule has 1 aliphatic rings. The number of pyridine rings is 1. The monoisotopic (exact) mass is 513 g/mol. The minimum atomic E-state index is -0.543. The summed E-state index contributed by atoms with van der Waals surface area (Å²) in [5.41, 5.74) is 2.53. The van der Waals surface area contributed by atoms with Gasteiger partial charge in [0.25, 0.3) is 0 Å². The maximum absolute atomic E-state index is 12.3. The van der Waals surface area contributed by atoms with Gasteiger partial charge in [-0.05, 0) is 81.8 Å². The Labute approximate surface area is 221 Å². The number of carbonyl (C=O) groups excluding carboxylic acids is 1. The van der Waals surface area contributed by atoms with E-state index in [1.807, 2.05) is 52.0 Å². The lowest BCUT2D eigenvalue weighted by atomic mass is 10.1. The number of carbonyl (C=O) groups is 1. The Hall–Kier alpha value is -4.24. The van der Waals surface area contributed by atoms with Crippen LogP contribution >= 0.6 is 0 Å². The molecule has 1 fully saturated rings. The number of esters is 1. The molecule has 0 radical (unpaired) electrons. The van der Waals surface area contributed by atoms with Crippen molar-refractivity contribution in [1.29, 1.82) is 0 Å². The topological polar surface area (TPSA) is 98.7 Å². The average Bonchev–Trinajstić information content (AvgIpc) is 2.90. The van der Waals surface area contributed by atoms with Crippen molar-refractivity contribution in [3.05, 3.63) is 72.2 Å². The molecule has 9 nitrogen and oxygen atoms in total. The third kappa shape index (κ3) is 6.00. The molecule has 0 amide bonds. The van der Waals surface area contributed by atoms with Gasteiger partial charge in [0.05, 0.1) is 30.5 Å². The number of benzene rings is 2. The van der Waals surface area contributed by atoms with Crippen molar-refractivity contribution >= 4 is 34.2 Å². The highest BCUT2D eigenvalue weighted by Gasteiger charge is 2.18. The Balaban J connectivity index is 1.31. The molecule has 0 saturated carbocycles. The fraction of sp³-hybridized carbons (Fsp3) is 0.310. The SMILES string of the molecule is Cc1cc(Nc2ncnc3cnc(N4CCOCC4)cc23)ccc1Oc1ccc(C(=O)OC(C)(C)C)cc1. The predicted octanol–water partition coefficient (Wildman–Crippen LogP) is 5.66. The van der Waals surface area contributed by atoms with Gasteiger partial charge in [-0.25, -0.2) is 19.7 Å². The standard InChI is InChI=1S/C29H31N5O4/c1-19-15-21(7-10-25(19)37-22-8-5-20(6-9-22)28(35)38-29(2,3)4)33-27-23-16-26(34-11-13-36-14-12-34)30-17-24(23)31-18-32-27/h5-10,15-18H,11-14H2,1-4H3,(H,31,32,33). The summed E-state index contributed by atoms with van der Waals surface area (Å²) in [6.07, 6.45) is 3.31. The zero-order valence-corrected chi connectivity index (χ0v) is 22.0. The number of nitrogens with one attached hydrogen (secondary N) is 1. The van der Waals surface area contributed by atoms with Crippen LogP contribution in [0.25, 0.3) is 10.9 Å². The highest BCUT2D eigenvalue weighted by molar-refractivity contribution is 5.92. The van der Waals surface area contributed by atoms with Crippen LogP contribution in [0.15, 0.2) is 61.1 Å². The molecule has 0 atom stereocenters. The first kappa shape index (κ1) is 25.4. The molecule has 1 N–H and O–H groups in total. The molecule has 0 spiro atoms. The number of aromatic nitrogens is 3. The third-order valence-corrected chi connectivity index (χ3v) is 6.00. The van der Waals surface area contributed by atoms with Crippen LogP contribution in [0.1, 0.15) is 36.7 Å². The smallest absolute Gasteiger partial charge is 0.338 e. The van der Waals surface area contributed by atoms with Crippen LogP contribution in [-0.4, -0.2) is 52.8 Å². The number of morpholine rings is 1. The van der Waals surface area contributed by atoms with E-state index in [2.05, 4.69) is 25.2 Å². The summed E-state index contributed by atoms with van der Waals surface area (Å²) in [5.74, 6) is 2.58. The first-order valence-corrected chi connectivity index (χ1v) is 12.6. The molecular weight excluding hydrogens is 482 g/mol. The van der Waals surface area contributed by atoms with Gasteiger partial charge < -0.3 is 24.4 Å². The summed E-state index contributed by atoms with van der Waals surface area (Å²) < 4.78 is 17.0. The fourth-order valence-corrected chi connectivity index (χ4v) is 4.11. The Morgan fingerprint density at radius 1 is 1.00 bits per heavy atom. The number of ether oxygens (including phenoxy) is 3. The summed E-state index contributed by atoms with van der Waals surface area (Å²) >= 11 is 0. The molecule has 4 aromatic rings. The summed E-state index contributed by atoms with van der Waals surface area (Å²) in [7, 11) is 0. The molecule has 196 valence electrons. The van der Waals surface area contributed by atoms with E-state index in [0.29, 0.717) is 36.1 Å². The van der Waals surface area contributed by atoms with Crippen LogP contribution in [0.4, 0.5) is 17.3 Å². The lowest BCUT2D eigenvalue weighted by Crippen LogP contribution is -2.36. The molecule has 1 aliphatic heterocycles. The summed E-state index contributed by atoms with van der Waals surface area (Å²) in [6.45, 7) is 10.5. The lowest BCUT2D eigenvalue weighted by molar-refractivity contribution is 0.00695. The van der Waals surface area contributed by atoms with Crippen molar-refractivity contribution in [2.75, 3.05) is 36.5 Å². The Bertz CT molecular complexity index is 1440. The van der Waals surface area contributed by atoms with E-state index in [1.165, 1.54) is 6.33 Å². The van der Waals surface area contributed by atoms with E-state index >= 15 is 0 Å². The highest BCUT2D eigenvalue weighted by Crippen LogP contribution is 2.31. The van der Waals surface area contributed by atoms with Gasteiger partial charge in [0, 0.05) is 24.2 Å². The molecular formula is C29H31N5O4. The van der Waals surface area contributed by atoms with Crippen molar-refractivity contribution in [1.82, 2.24) is 15.0 Å². The summed E-state index contributed by atoms with van der Waals surface area (Å²) in [5, 5.41) is 4.31. The quantitative estimate of drug-likeness (QED) is 0.327. The van der Waals surface area contributed by atoms with E-state index in [0.717, 1.165) is 41.1 Å². The van der Waals surface area contributed by atoms with E-state index in [4.69, 9.17) is 14.2 Å². The number of anilines is 3. The molecule has 0 bridgehead atoms. The molecule has 2 aromatic heterocycles. The number of aryl methyl sites for hydroxylation is 1. The van der Waals surface area contributed by atoms with Crippen molar-refractivity contribution in [3.8, 4) is 11.5 Å². The number of rotatable bonds is 6. The Morgan fingerprint density at radius 2 is 1.76 bits per heavy atom. The summed E-state index contributed by atoms with van der Waals surface area (Å²) in [4.78, 5) is 27.9. The summed E-state index contributed by atoms with van der Waals surface area (Å²) in [6, 6.07) is 14.8. The third-order valence-electron chi connectivity index (χ3n) is 6.00. The van der Waals surface area contributed by atoms with Gasteiger partial charge in [0.1, 0.15) is 35.1 Å². The highest BCUT2D eigenvalue weighted by atomic mass is 16.6. The number of hydrogen-bond donors (Lipinski definition) is 1. The normalized spacial score (nSPS) is 13.8. The molecule has 0 aliphatic carbocycles. The van der Waals surface area contributed by atoms with Crippen LogP contribution < -0.4 is 15.0 Å². The number of nitrogens with zero attached hydrogens (tertiary/aromatic N) is 4. The van der Waals surface area contributed by atoms with Gasteiger partial charge in [-0.15, -0.1) is 0 Å². The van der Waals surface area contributed by atoms with Gasteiger partial charge in [-0.1, -0.05) is 0 Å². The largest absolute Gasteiger partial charge is 0.457 e. The second-order valence-electron chi connectivity index (χ2n) is 10.1. The number of fused-ring (bicyclic) bond motifs is 1. The van der Waals surface area contributed by atoms with Crippen molar-refractivity contribution in [3.63, 3.8) is 0 Å². The van der Waals surface area contributed by atoms with E-state index in [9.17, 15) is 4.79 Å². The second-order valence-corrected chi connectivity index (χ2v) is 10.1. The molecule has 9 heteroatoms. The van der Waals surface area contributed by atoms with Crippen LogP contribution in [0, 0.1) is 6.92 Å². The molecule has 38 heavy (non-hydrogen) atoms. The van der Waals surface area contributed by atoms with Gasteiger partial charge in [-0.2, -0.15) is 0 Å². The average molecular weight is 514 g/mol. The maximum atomic E-state index is 12.3. The first-order valence-electron chi connectivity index (χ1n) is 12.6.